The lowest BCUT2D eigenvalue weighted by atomic mass is 10.1. The number of hydrogen-bond acceptors (Lipinski definition) is 3. The summed E-state index contributed by atoms with van der Waals surface area (Å²) in [7, 11) is 1.66. The molecule has 0 heterocycles. The Balaban J connectivity index is 1.94. The van der Waals surface area contributed by atoms with Crippen LogP contribution in [0.5, 0.6) is 11.5 Å². The van der Waals surface area contributed by atoms with Crippen LogP contribution in [0.1, 0.15) is 24.5 Å². The van der Waals surface area contributed by atoms with E-state index in [0.717, 1.165) is 16.9 Å². The van der Waals surface area contributed by atoms with Crippen molar-refractivity contribution < 1.29 is 14.3 Å². The molecule has 0 spiro atoms. The van der Waals surface area contributed by atoms with Gasteiger partial charge in [-0.05, 0) is 49.6 Å². The highest BCUT2D eigenvalue weighted by Crippen LogP contribution is 2.24. The topological polar surface area (TPSA) is 47.6 Å². The van der Waals surface area contributed by atoms with Gasteiger partial charge in [-0.15, -0.1) is 0 Å². The SMILES string of the molecule is CCOc1ccccc1NC(=O)CCc1ccc(OC)c(C)c1. The van der Waals surface area contributed by atoms with Crippen molar-refractivity contribution in [2.24, 2.45) is 0 Å². The molecule has 0 saturated heterocycles. The van der Waals surface area contributed by atoms with Crippen LogP contribution in [-0.2, 0) is 11.2 Å². The molecule has 2 aromatic rings. The van der Waals surface area contributed by atoms with E-state index in [9.17, 15) is 4.79 Å². The quantitative estimate of drug-likeness (QED) is 0.841. The van der Waals surface area contributed by atoms with Crippen molar-refractivity contribution in [3.63, 3.8) is 0 Å². The van der Waals surface area contributed by atoms with Crippen LogP contribution in [0.2, 0.25) is 0 Å². The number of aryl methyl sites for hydroxylation is 2. The van der Waals surface area contributed by atoms with Crippen LogP contribution in [0.25, 0.3) is 0 Å². The molecule has 1 N–H and O–H groups in total. The molecule has 0 saturated carbocycles. The fourth-order valence-corrected chi connectivity index (χ4v) is 2.42. The van der Waals surface area contributed by atoms with E-state index in [0.29, 0.717) is 30.9 Å². The smallest absolute Gasteiger partial charge is 0.224 e. The van der Waals surface area contributed by atoms with E-state index in [2.05, 4.69) is 11.4 Å². The normalized spacial score (nSPS) is 10.2. The number of methoxy groups -OCH3 is 1. The van der Waals surface area contributed by atoms with Crippen molar-refractivity contribution in [3.8, 4) is 11.5 Å². The van der Waals surface area contributed by atoms with Gasteiger partial charge in [-0.25, -0.2) is 0 Å². The lowest BCUT2D eigenvalue weighted by molar-refractivity contribution is -0.116. The number of carbonyl (C=O) groups is 1. The lowest BCUT2D eigenvalue weighted by Gasteiger charge is -2.11. The third-order valence-electron chi connectivity index (χ3n) is 3.56. The van der Waals surface area contributed by atoms with Crippen LogP contribution in [-0.4, -0.2) is 19.6 Å². The molecule has 122 valence electrons. The molecule has 0 radical (unpaired) electrons. The van der Waals surface area contributed by atoms with Crippen LogP contribution in [0.4, 0.5) is 5.69 Å². The molecule has 0 bridgehead atoms. The molecule has 23 heavy (non-hydrogen) atoms. The van der Waals surface area contributed by atoms with Gasteiger partial charge in [-0.3, -0.25) is 4.79 Å². The Kier molecular flexibility index (Phi) is 6.03. The van der Waals surface area contributed by atoms with Crippen LogP contribution in [0.15, 0.2) is 42.5 Å². The largest absolute Gasteiger partial charge is 0.496 e. The van der Waals surface area contributed by atoms with Gasteiger partial charge in [0.25, 0.3) is 0 Å². The number of rotatable bonds is 7. The summed E-state index contributed by atoms with van der Waals surface area (Å²) in [5.41, 5.74) is 2.91. The Morgan fingerprint density at radius 1 is 1.13 bits per heavy atom. The summed E-state index contributed by atoms with van der Waals surface area (Å²) in [6.45, 7) is 4.49. The molecule has 0 aliphatic carbocycles. The first-order valence-electron chi connectivity index (χ1n) is 7.79. The van der Waals surface area contributed by atoms with Crippen LogP contribution in [0, 0.1) is 6.92 Å². The number of amides is 1. The Morgan fingerprint density at radius 2 is 1.91 bits per heavy atom. The highest BCUT2D eigenvalue weighted by molar-refractivity contribution is 5.92. The molecule has 0 unspecified atom stereocenters. The molecule has 0 aromatic heterocycles. The molecule has 2 aromatic carbocycles. The van der Waals surface area contributed by atoms with E-state index < -0.39 is 0 Å². The van der Waals surface area contributed by atoms with Gasteiger partial charge in [-0.2, -0.15) is 0 Å². The number of benzene rings is 2. The first-order valence-corrected chi connectivity index (χ1v) is 7.79. The van der Waals surface area contributed by atoms with E-state index in [1.165, 1.54) is 0 Å². The highest BCUT2D eigenvalue weighted by Gasteiger charge is 2.08. The molecular formula is C19H23NO3. The van der Waals surface area contributed by atoms with Gasteiger partial charge in [0, 0.05) is 6.42 Å². The lowest BCUT2D eigenvalue weighted by Crippen LogP contribution is -2.13. The van der Waals surface area contributed by atoms with Gasteiger partial charge in [0.2, 0.25) is 5.91 Å². The molecule has 2 rings (SSSR count). The summed E-state index contributed by atoms with van der Waals surface area (Å²) in [5.74, 6) is 1.54. The molecule has 4 heteroatoms. The van der Waals surface area contributed by atoms with Gasteiger partial charge in [0.15, 0.2) is 0 Å². The summed E-state index contributed by atoms with van der Waals surface area (Å²) >= 11 is 0. The second-order valence-electron chi connectivity index (χ2n) is 5.28. The van der Waals surface area contributed by atoms with E-state index in [1.807, 2.05) is 50.2 Å². The third kappa shape index (κ3) is 4.74. The predicted molar refractivity (Wildman–Crippen MR) is 92.3 cm³/mol. The number of hydrogen-bond donors (Lipinski definition) is 1. The van der Waals surface area contributed by atoms with Crippen molar-refractivity contribution in [2.45, 2.75) is 26.7 Å². The summed E-state index contributed by atoms with van der Waals surface area (Å²) in [4.78, 5) is 12.2. The van der Waals surface area contributed by atoms with Gasteiger partial charge < -0.3 is 14.8 Å². The van der Waals surface area contributed by atoms with Crippen molar-refractivity contribution in [1.29, 1.82) is 0 Å². The fraction of sp³-hybridized carbons (Fsp3) is 0.316. The molecule has 0 atom stereocenters. The zero-order valence-electron chi connectivity index (χ0n) is 13.9. The molecule has 0 aliphatic rings. The molecule has 4 nitrogen and oxygen atoms in total. The minimum absolute atomic E-state index is 0.0226. The van der Waals surface area contributed by atoms with E-state index in [4.69, 9.17) is 9.47 Å². The average molecular weight is 313 g/mol. The van der Waals surface area contributed by atoms with E-state index >= 15 is 0 Å². The zero-order valence-corrected chi connectivity index (χ0v) is 13.9. The minimum Gasteiger partial charge on any atom is -0.496 e. The zero-order chi connectivity index (χ0) is 16.7. The Morgan fingerprint density at radius 3 is 2.61 bits per heavy atom. The number of anilines is 1. The first-order chi connectivity index (χ1) is 11.1. The predicted octanol–water partition coefficient (Wildman–Crippen LogP) is 3.97. The average Bonchev–Trinajstić information content (AvgIpc) is 2.55. The number of carbonyl (C=O) groups excluding carboxylic acids is 1. The number of nitrogens with one attached hydrogen (secondary N) is 1. The summed E-state index contributed by atoms with van der Waals surface area (Å²) in [5, 5.41) is 2.91. The van der Waals surface area contributed by atoms with Crippen molar-refractivity contribution in [3.05, 3.63) is 53.6 Å². The fourth-order valence-electron chi connectivity index (χ4n) is 2.42. The van der Waals surface area contributed by atoms with Crippen molar-refractivity contribution in [2.75, 3.05) is 19.0 Å². The summed E-state index contributed by atoms with van der Waals surface area (Å²) in [6, 6.07) is 13.5. The number of ether oxygens (including phenoxy) is 2. The van der Waals surface area contributed by atoms with Crippen LogP contribution >= 0.6 is 0 Å². The van der Waals surface area contributed by atoms with Crippen molar-refractivity contribution >= 4 is 11.6 Å². The standard InChI is InChI=1S/C19H23NO3/c1-4-23-18-8-6-5-7-16(18)20-19(21)12-10-15-9-11-17(22-3)14(2)13-15/h5-9,11,13H,4,10,12H2,1-3H3,(H,20,21). The molecule has 0 aliphatic heterocycles. The third-order valence-corrected chi connectivity index (χ3v) is 3.56. The number of para-hydroxylation sites is 2. The van der Waals surface area contributed by atoms with E-state index in [1.54, 1.807) is 7.11 Å². The summed E-state index contributed by atoms with van der Waals surface area (Å²) in [6.07, 6.45) is 1.11. The Hall–Kier alpha value is -2.49. The highest BCUT2D eigenvalue weighted by atomic mass is 16.5. The Bertz CT molecular complexity index is 667. The molecular weight excluding hydrogens is 290 g/mol. The van der Waals surface area contributed by atoms with Gasteiger partial charge in [0.1, 0.15) is 11.5 Å². The monoisotopic (exact) mass is 313 g/mol. The summed E-state index contributed by atoms with van der Waals surface area (Å²) < 4.78 is 10.8. The van der Waals surface area contributed by atoms with Crippen molar-refractivity contribution in [1.82, 2.24) is 0 Å². The molecule has 0 fully saturated rings. The van der Waals surface area contributed by atoms with Crippen LogP contribution in [0.3, 0.4) is 0 Å². The minimum atomic E-state index is -0.0226. The molecule has 1 amide bonds. The first kappa shape index (κ1) is 16.9. The van der Waals surface area contributed by atoms with Gasteiger partial charge in [0.05, 0.1) is 19.4 Å². The van der Waals surface area contributed by atoms with Gasteiger partial charge in [-0.1, -0.05) is 24.3 Å². The maximum Gasteiger partial charge on any atom is 0.224 e. The second-order valence-corrected chi connectivity index (χ2v) is 5.28. The second kappa shape index (κ2) is 8.22. The van der Waals surface area contributed by atoms with E-state index in [-0.39, 0.29) is 5.91 Å². The maximum absolute atomic E-state index is 12.2. The maximum atomic E-state index is 12.2. The van der Waals surface area contributed by atoms with Crippen LogP contribution < -0.4 is 14.8 Å². The van der Waals surface area contributed by atoms with Gasteiger partial charge >= 0.3 is 0 Å². The Labute approximate surface area is 137 Å².